The normalized spacial score (nSPS) is 12.8. The maximum absolute atomic E-state index is 13.0. The lowest BCUT2D eigenvalue weighted by molar-refractivity contribution is -0.121. The number of hydrogen-bond acceptors (Lipinski definition) is 3. The van der Waals surface area contributed by atoms with E-state index in [-0.39, 0.29) is 53.9 Å². The molecular formula is C18H30FIN4O2. The molecule has 1 rings (SSSR count). The highest BCUT2D eigenvalue weighted by molar-refractivity contribution is 14.0. The molecule has 1 atom stereocenters. The van der Waals surface area contributed by atoms with E-state index in [9.17, 15) is 9.18 Å². The lowest BCUT2D eigenvalue weighted by Crippen LogP contribution is -2.43. The van der Waals surface area contributed by atoms with Crippen LogP contribution in [0.25, 0.3) is 0 Å². The number of aliphatic imine (C=N–C) groups is 1. The summed E-state index contributed by atoms with van der Waals surface area (Å²) in [5.74, 6) is 0.0913. The van der Waals surface area contributed by atoms with Gasteiger partial charge in [-0.3, -0.25) is 4.79 Å². The van der Waals surface area contributed by atoms with Crippen molar-refractivity contribution in [3.05, 3.63) is 35.6 Å². The van der Waals surface area contributed by atoms with Gasteiger partial charge < -0.3 is 20.7 Å². The molecule has 0 fully saturated rings. The zero-order valence-corrected chi connectivity index (χ0v) is 18.4. The molecule has 26 heavy (non-hydrogen) atoms. The van der Waals surface area contributed by atoms with E-state index in [1.54, 1.807) is 19.2 Å². The minimum Gasteiger partial charge on any atom is -0.375 e. The standard InChI is InChI=1S/C18H29FN4O2.HI/c1-6-20-17(22-12-16(24)23-18(2,3)4)21-11-15(25-5)13-7-9-14(19)10-8-13;/h7-10,15H,6,11-12H2,1-5H3,(H,23,24)(H2,20,21,22);1H. The average molecular weight is 480 g/mol. The number of benzene rings is 1. The summed E-state index contributed by atoms with van der Waals surface area (Å²) in [4.78, 5) is 16.2. The van der Waals surface area contributed by atoms with Gasteiger partial charge >= 0.3 is 0 Å². The number of methoxy groups -OCH3 is 1. The number of rotatable bonds is 7. The Hall–Kier alpha value is -1.42. The molecule has 8 heteroatoms. The van der Waals surface area contributed by atoms with Crippen LogP contribution in [0.15, 0.2) is 29.3 Å². The van der Waals surface area contributed by atoms with Gasteiger partial charge in [0.15, 0.2) is 5.96 Å². The van der Waals surface area contributed by atoms with Crippen molar-refractivity contribution >= 4 is 35.8 Å². The number of nitrogens with one attached hydrogen (secondary N) is 3. The van der Waals surface area contributed by atoms with Crippen LogP contribution in [0.2, 0.25) is 0 Å². The molecule has 3 N–H and O–H groups in total. The van der Waals surface area contributed by atoms with E-state index < -0.39 is 0 Å². The maximum Gasteiger partial charge on any atom is 0.242 e. The van der Waals surface area contributed by atoms with Gasteiger partial charge in [0.2, 0.25) is 5.91 Å². The monoisotopic (exact) mass is 480 g/mol. The molecule has 0 saturated carbocycles. The molecule has 0 aromatic heterocycles. The Morgan fingerprint density at radius 1 is 1.23 bits per heavy atom. The van der Waals surface area contributed by atoms with E-state index in [0.29, 0.717) is 19.0 Å². The molecule has 0 aliphatic heterocycles. The molecule has 1 unspecified atom stereocenters. The van der Waals surface area contributed by atoms with Crippen molar-refractivity contribution < 1.29 is 13.9 Å². The lowest BCUT2D eigenvalue weighted by atomic mass is 10.1. The molecule has 0 aliphatic rings. The summed E-state index contributed by atoms with van der Waals surface area (Å²) in [5.41, 5.74) is 0.569. The highest BCUT2D eigenvalue weighted by Gasteiger charge is 2.14. The summed E-state index contributed by atoms with van der Waals surface area (Å²) in [6.45, 7) is 8.84. The predicted octanol–water partition coefficient (Wildman–Crippen LogP) is 2.60. The molecule has 6 nitrogen and oxygen atoms in total. The first kappa shape index (κ1) is 24.6. The van der Waals surface area contributed by atoms with Crippen LogP contribution < -0.4 is 16.0 Å². The van der Waals surface area contributed by atoms with Crippen molar-refractivity contribution in [1.82, 2.24) is 16.0 Å². The van der Waals surface area contributed by atoms with Gasteiger partial charge in [0.1, 0.15) is 12.4 Å². The average Bonchev–Trinajstić information content (AvgIpc) is 2.53. The van der Waals surface area contributed by atoms with E-state index in [2.05, 4.69) is 20.9 Å². The Morgan fingerprint density at radius 2 is 1.85 bits per heavy atom. The first-order chi connectivity index (χ1) is 11.7. The largest absolute Gasteiger partial charge is 0.375 e. The van der Waals surface area contributed by atoms with Gasteiger partial charge in [-0.25, -0.2) is 9.38 Å². The molecule has 0 spiro atoms. The molecule has 0 heterocycles. The maximum atomic E-state index is 13.0. The van der Waals surface area contributed by atoms with Gasteiger partial charge in [0, 0.05) is 25.7 Å². The molecule has 148 valence electrons. The van der Waals surface area contributed by atoms with Crippen LogP contribution in [0.4, 0.5) is 4.39 Å². The fraction of sp³-hybridized carbons (Fsp3) is 0.556. The third-order valence-electron chi connectivity index (χ3n) is 3.22. The second-order valence-corrected chi connectivity index (χ2v) is 6.65. The van der Waals surface area contributed by atoms with Crippen LogP contribution in [0.1, 0.15) is 39.4 Å². The Bertz CT molecular complexity index is 574. The molecule has 1 amide bonds. The summed E-state index contributed by atoms with van der Waals surface area (Å²) >= 11 is 0. The summed E-state index contributed by atoms with van der Waals surface area (Å²) < 4.78 is 18.5. The van der Waals surface area contributed by atoms with Crippen LogP contribution >= 0.6 is 24.0 Å². The molecule has 0 bridgehead atoms. The van der Waals surface area contributed by atoms with E-state index >= 15 is 0 Å². The number of nitrogens with zero attached hydrogens (tertiary/aromatic N) is 1. The smallest absolute Gasteiger partial charge is 0.242 e. The number of amides is 1. The zero-order valence-electron chi connectivity index (χ0n) is 16.1. The quantitative estimate of drug-likeness (QED) is 0.319. The SMILES string of the molecule is CCNC(=NCC(=O)NC(C)(C)C)NCC(OC)c1ccc(F)cc1.I. The summed E-state index contributed by atoms with van der Waals surface area (Å²) in [7, 11) is 1.59. The van der Waals surface area contributed by atoms with Gasteiger partial charge in [-0.2, -0.15) is 0 Å². The second-order valence-electron chi connectivity index (χ2n) is 6.65. The van der Waals surface area contributed by atoms with Crippen LogP contribution in [0.3, 0.4) is 0 Å². The highest BCUT2D eigenvalue weighted by Crippen LogP contribution is 2.16. The van der Waals surface area contributed by atoms with E-state index in [4.69, 9.17) is 4.74 Å². The van der Waals surface area contributed by atoms with Crippen molar-refractivity contribution in [3.8, 4) is 0 Å². The summed E-state index contributed by atoms with van der Waals surface area (Å²) in [6.07, 6.45) is -0.257. The topological polar surface area (TPSA) is 74.8 Å². The van der Waals surface area contributed by atoms with Crippen LogP contribution in [0, 0.1) is 5.82 Å². The molecule has 1 aromatic carbocycles. The third-order valence-corrected chi connectivity index (χ3v) is 3.22. The van der Waals surface area contributed by atoms with Crippen molar-refractivity contribution in [1.29, 1.82) is 0 Å². The molecule has 0 radical (unpaired) electrons. The Morgan fingerprint density at radius 3 is 2.35 bits per heavy atom. The minimum absolute atomic E-state index is 0. The van der Waals surface area contributed by atoms with Crippen molar-refractivity contribution in [2.45, 2.75) is 39.3 Å². The van der Waals surface area contributed by atoms with E-state index in [0.717, 1.165) is 5.56 Å². The van der Waals surface area contributed by atoms with Crippen LogP contribution in [-0.4, -0.2) is 44.1 Å². The lowest BCUT2D eigenvalue weighted by Gasteiger charge is -2.20. The summed E-state index contributed by atoms with van der Waals surface area (Å²) in [6, 6.07) is 6.17. The Balaban J connectivity index is 0.00000625. The molecule has 1 aromatic rings. The third kappa shape index (κ3) is 9.91. The number of hydrogen-bond donors (Lipinski definition) is 3. The number of carbonyl (C=O) groups is 1. The molecular weight excluding hydrogens is 450 g/mol. The van der Waals surface area contributed by atoms with Gasteiger partial charge in [-0.1, -0.05) is 12.1 Å². The van der Waals surface area contributed by atoms with E-state index in [1.807, 2.05) is 27.7 Å². The number of halogens is 2. The Kier molecular flexibility index (Phi) is 11.4. The number of guanidine groups is 1. The first-order valence-electron chi connectivity index (χ1n) is 8.36. The van der Waals surface area contributed by atoms with Crippen LogP contribution in [0.5, 0.6) is 0 Å². The fourth-order valence-electron chi connectivity index (χ4n) is 2.15. The summed E-state index contributed by atoms with van der Waals surface area (Å²) in [5, 5.41) is 9.09. The zero-order chi connectivity index (χ0) is 18.9. The van der Waals surface area contributed by atoms with Gasteiger partial charge in [0.25, 0.3) is 0 Å². The van der Waals surface area contributed by atoms with Gasteiger partial charge in [-0.05, 0) is 45.4 Å². The van der Waals surface area contributed by atoms with Crippen molar-refractivity contribution in [3.63, 3.8) is 0 Å². The number of carbonyl (C=O) groups excluding carboxylic acids is 1. The molecule has 0 saturated heterocycles. The fourth-order valence-corrected chi connectivity index (χ4v) is 2.15. The Labute approximate surface area is 172 Å². The van der Waals surface area contributed by atoms with Gasteiger partial charge in [0.05, 0.1) is 6.10 Å². The van der Waals surface area contributed by atoms with Gasteiger partial charge in [-0.15, -0.1) is 24.0 Å². The molecule has 0 aliphatic carbocycles. The first-order valence-corrected chi connectivity index (χ1v) is 8.36. The number of ether oxygens (including phenoxy) is 1. The predicted molar refractivity (Wildman–Crippen MR) is 113 cm³/mol. The van der Waals surface area contributed by atoms with Crippen molar-refractivity contribution in [2.24, 2.45) is 4.99 Å². The van der Waals surface area contributed by atoms with Crippen molar-refractivity contribution in [2.75, 3.05) is 26.7 Å². The second kappa shape index (κ2) is 12.1. The highest BCUT2D eigenvalue weighted by atomic mass is 127. The minimum atomic E-state index is -0.290. The van der Waals surface area contributed by atoms with E-state index in [1.165, 1.54) is 12.1 Å². The van der Waals surface area contributed by atoms with Crippen LogP contribution in [-0.2, 0) is 9.53 Å².